The first-order chi connectivity index (χ1) is 8.10. The lowest BCUT2D eigenvalue weighted by Crippen LogP contribution is -2.23. The van der Waals surface area contributed by atoms with Gasteiger partial charge in [-0.05, 0) is 32.1 Å². The highest BCUT2D eigenvalue weighted by atomic mass is 19.1. The molecule has 1 aromatic carbocycles. The Hall–Kier alpha value is -1.17. The molecule has 96 valence electrons. The summed E-state index contributed by atoms with van der Waals surface area (Å²) < 4.78 is 17.9. The molecule has 0 aliphatic rings. The Morgan fingerprint density at radius 3 is 2.71 bits per heavy atom. The Bertz CT molecular complexity index is 360. The SMILES string of the molecule is CNCCC(O)C(O)c1ccc(F)cc1OC. The molecule has 0 aromatic heterocycles. The van der Waals surface area contributed by atoms with Gasteiger partial charge in [-0.3, -0.25) is 0 Å². The second-order valence-corrected chi connectivity index (χ2v) is 3.79. The minimum atomic E-state index is -1.08. The molecule has 0 fully saturated rings. The van der Waals surface area contributed by atoms with E-state index in [4.69, 9.17) is 4.74 Å². The van der Waals surface area contributed by atoms with Crippen LogP contribution in [-0.2, 0) is 0 Å². The van der Waals surface area contributed by atoms with Gasteiger partial charge in [-0.2, -0.15) is 0 Å². The first-order valence-electron chi connectivity index (χ1n) is 5.44. The van der Waals surface area contributed by atoms with Crippen molar-refractivity contribution in [3.05, 3.63) is 29.6 Å². The zero-order valence-corrected chi connectivity index (χ0v) is 9.98. The van der Waals surface area contributed by atoms with E-state index in [0.29, 0.717) is 18.5 Å². The number of halogens is 1. The smallest absolute Gasteiger partial charge is 0.127 e. The highest BCUT2D eigenvalue weighted by Crippen LogP contribution is 2.28. The van der Waals surface area contributed by atoms with Crippen molar-refractivity contribution in [3.8, 4) is 5.75 Å². The van der Waals surface area contributed by atoms with Crippen LogP contribution < -0.4 is 10.1 Å². The Labute approximate surface area is 100 Å². The quantitative estimate of drug-likeness (QED) is 0.693. The molecule has 4 nitrogen and oxygen atoms in total. The molecule has 2 atom stereocenters. The Morgan fingerprint density at radius 2 is 2.12 bits per heavy atom. The molecule has 0 saturated carbocycles. The van der Waals surface area contributed by atoms with Gasteiger partial charge in [0.25, 0.3) is 0 Å². The number of hydrogen-bond donors (Lipinski definition) is 3. The fourth-order valence-corrected chi connectivity index (χ4v) is 1.59. The normalized spacial score (nSPS) is 14.4. The molecule has 0 spiro atoms. The Balaban J connectivity index is 2.83. The van der Waals surface area contributed by atoms with E-state index in [1.54, 1.807) is 7.05 Å². The number of rotatable bonds is 6. The van der Waals surface area contributed by atoms with Crippen molar-refractivity contribution in [1.82, 2.24) is 5.32 Å². The second kappa shape index (κ2) is 6.54. The van der Waals surface area contributed by atoms with Gasteiger partial charge in [-0.25, -0.2) is 4.39 Å². The van der Waals surface area contributed by atoms with Crippen LogP contribution in [0.4, 0.5) is 4.39 Å². The number of ether oxygens (including phenoxy) is 1. The van der Waals surface area contributed by atoms with Crippen LogP contribution in [0.15, 0.2) is 18.2 Å². The summed E-state index contributed by atoms with van der Waals surface area (Å²) in [6.45, 7) is 0.585. The third-order valence-corrected chi connectivity index (χ3v) is 2.57. The maximum Gasteiger partial charge on any atom is 0.127 e. The van der Waals surface area contributed by atoms with Crippen LogP contribution in [0.5, 0.6) is 5.75 Å². The monoisotopic (exact) mass is 243 g/mol. The molecule has 3 N–H and O–H groups in total. The van der Waals surface area contributed by atoms with Crippen molar-refractivity contribution in [2.75, 3.05) is 20.7 Å². The Kier molecular flexibility index (Phi) is 5.34. The van der Waals surface area contributed by atoms with Crippen molar-refractivity contribution in [2.45, 2.75) is 18.6 Å². The zero-order chi connectivity index (χ0) is 12.8. The van der Waals surface area contributed by atoms with E-state index in [1.807, 2.05) is 0 Å². The molecular formula is C12H18FNO3. The lowest BCUT2D eigenvalue weighted by atomic mass is 10.0. The van der Waals surface area contributed by atoms with Gasteiger partial charge in [0.2, 0.25) is 0 Å². The summed E-state index contributed by atoms with van der Waals surface area (Å²) in [4.78, 5) is 0. The average Bonchev–Trinajstić information content (AvgIpc) is 2.34. The van der Waals surface area contributed by atoms with Crippen molar-refractivity contribution >= 4 is 0 Å². The summed E-state index contributed by atoms with van der Waals surface area (Å²) in [6.07, 6.45) is -1.60. The second-order valence-electron chi connectivity index (χ2n) is 3.79. The maximum atomic E-state index is 13.0. The van der Waals surface area contributed by atoms with Crippen molar-refractivity contribution in [2.24, 2.45) is 0 Å². The molecule has 0 aliphatic heterocycles. The molecule has 0 saturated heterocycles. The van der Waals surface area contributed by atoms with E-state index in [0.717, 1.165) is 0 Å². The number of aliphatic hydroxyl groups is 2. The van der Waals surface area contributed by atoms with Crippen molar-refractivity contribution < 1.29 is 19.3 Å². The molecule has 0 aliphatic carbocycles. The highest BCUT2D eigenvalue weighted by Gasteiger charge is 2.21. The van der Waals surface area contributed by atoms with Gasteiger partial charge in [0.15, 0.2) is 0 Å². The largest absolute Gasteiger partial charge is 0.496 e. The van der Waals surface area contributed by atoms with Crippen LogP contribution >= 0.6 is 0 Å². The number of nitrogens with one attached hydrogen (secondary N) is 1. The first-order valence-corrected chi connectivity index (χ1v) is 5.44. The number of hydrogen-bond acceptors (Lipinski definition) is 4. The summed E-state index contributed by atoms with van der Waals surface area (Å²) in [5.74, 6) is -0.205. The van der Waals surface area contributed by atoms with Gasteiger partial charge in [0.1, 0.15) is 17.7 Å². The predicted octanol–water partition coefficient (Wildman–Crippen LogP) is 0.838. The van der Waals surface area contributed by atoms with Crippen LogP contribution in [0.2, 0.25) is 0 Å². The lowest BCUT2D eigenvalue weighted by molar-refractivity contribution is 0.0127. The molecule has 1 aromatic rings. The fraction of sp³-hybridized carbons (Fsp3) is 0.500. The summed E-state index contributed by atoms with van der Waals surface area (Å²) >= 11 is 0. The fourth-order valence-electron chi connectivity index (χ4n) is 1.59. The van der Waals surface area contributed by atoms with Gasteiger partial charge in [-0.1, -0.05) is 0 Å². The van der Waals surface area contributed by atoms with Crippen LogP contribution in [0.3, 0.4) is 0 Å². The Morgan fingerprint density at radius 1 is 1.41 bits per heavy atom. The zero-order valence-electron chi connectivity index (χ0n) is 9.98. The maximum absolute atomic E-state index is 13.0. The number of benzene rings is 1. The summed E-state index contributed by atoms with van der Waals surface area (Å²) in [7, 11) is 3.16. The van der Waals surface area contributed by atoms with E-state index in [2.05, 4.69) is 5.32 Å². The van der Waals surface area contributed by atoms with Crippen LogP contribution in [0, 0.1) is 5.82 Å². The van der Waals surface area contributed by atoms with E-state index in [1.165, 1.54) is 25.3 Å². The highest BCUT2D eigenvalue weighted by molar-refractivity contribution is 5.36. The van der Waals surface area contributed by atoms with Crippen molar-refractivity contribution in [3.63, 3.8) is 0 Å². The number of aliphatic hydroxyl groups excluding tert-OH is 2. The van der Waals surface area contributed by atoms with Crippen LogP contribution in [-0.4, -0.2) is 37.0 Å². The van der Waals surface area contributed by atoms with E-state index >= 15 is 0 Å². The van der Waals surface area contributed by atoms with Gasteiger partial charge >= 0.3 is 0 Å². The van der Waals surface area contributed by atoms with Crippen molar-refractivity contribution in [1.29, 1.82) is 0 Å². The minimum Gasteiger partial charge on any atom is -0.496 e. The van der Waals surface area contributed by atoms with E-state index in [-0.39, 0.29) is 5.75 Å². The van der Waals surface area contributed by atoms with Gasteiger partial charge in [0.05, 0.1) is 13.2 Å². The summed E-state index contributed by atoms with van der Waals surface area (Å²) in [5.41, 5.74) is 0.387. The lowest BCUT2D eigenvalue weighted by Gasteiger charge is -2.20. The summed E-state index contributed by atoms with van der Waals surface area (Å²) in [5, 5.41) is 22.6. The van der Waals surface area contributed by atoms with Gasteiger partial charge in [0, 0.05) is 11.6 Å². The molecule has 0 radical (unpaired) electrons. The molecule has 1 rings (SSSR count). The first kappa shape index (κ1) is 13.9. The number of methoxy groups -OCH3 is 1. The van der Waals surface area contributed by atoms with E-state index in [9.17, 15) is 14.6 Å². The van der Waals surface area contributed by atoms with E-state index < -0.39 is 18.0 Å². The molecule has 5 heteroatoms. The third kappa shape index (κ3) is 3.66. The van der Waals surface area contributed by atoms with Crippen LogP contribution in [0.25, 0.3) is 0 Å². The van der Waals surface area contributed by atoms with Crippen LogP contribution in [0.1, 0.15) is 18.1 Å². The molecule has 0 bridgehead atoms. The van der Waals surface area contributed by atoms with Gasteiger partial charge < -0.3 is 20.3 Å². The molecule has 0 amide bonds. The summed E-state index contributed by atoms with van der Waals surface area (Å²) in [6, 6.07) is 3.83. The molecule has 0 heterocycles. The molecular weight excluding hydrogens is 225 g/mol. The third-order valence-electron chi connectivity index (χ3n) is 2.57. The van der Waals surface area contributed by atoms with Gasteiger partial charge in [-0.15, -0.1) is 0 Å². The topological polar surface area (TPSA) is 61.7 Å². The molecule has 17 heavy (non-hydrogen) atoms. The average molecular weight is 243 g/mol. The predicted molar refractivity (Wildman–Crippen MR) is 62.5 cm³/mol. The standard InChI is InChI=1S/C12H18FNO3/c1-14-6-5-10(15)12(16)9-4-3-8(13)7-11(9)17-2/h3-4,7,10,12,14-16H,5-6H2,1-2H3. The molecule has 2 unspecified atom stereocenters. The minimum absolute atomic E-state index is 0.237.